The first-order valence-corrected chi connectivity index (χ1v) is 15.4. The van der Waals surface area contributed by atoms with Gasteiger partial charge in [0, 0.05) is 18.0 Å². The number of benzene rings is 6. The van der Waals surface area contributed by atoms with Crippen LogP contribution in [0.4, 0.5) is 0 Å². The number of aryl methyl sites for hydroxylation is 1. The Morgan fingerprint density at radius 2 is 1.44 bits per heavy atom. The van der Waals surface area contributed by atoms with E-state index in [0.717, 1.165) is 12.0 Å². The van der Waals surface area contributed by atoms with Gasteiger partial charge in [0.25, 0.3) is 0 Å². The molecule has 0 aromatic heterocycles. The highest BCUT2D eigenvalue weighted by Crippen LogP contribution is 2.39. The smallest absolute Gasteiger partial charge is 0.0342 e. The molecule has 0 unspecified atom stereocenters. The summed E-state index contributed by atoms with van der Waals surface area (Å²) in [5.41, 5.74) is 6.17. The van der Waals surface area contributed by atoms with Crippen molar-refractivity contribution in [1.29, 1.82) is 0 Å². The predicted molar refractivity (Wildman–Crippen MR) is 192 cm³/mol. The van der Waals surface area contributed by atoms with E-state index in [9.17, 15) is 0 Å². The number of allylic oxidation sites excluding steroid dienone is 2. The third-order valence-corrected chi connectivity index (χ3v) is 8.59. The van der Waals surface area contributed by atoms with Crippen LogP contribution in [-0.4, -0.2) is 6.21 Å². The highest BCUT2D eigenvalue weighted by atomic mass is 14.7. The predicted octanol–water partition coefficient (Wildman–Crippen LogP) is 10.4. The summed E-state index contributed by atoms with van der Waals surface area (Å²) in [5, 5.41) is 12.8. The number of rotatable bonds is 6. The summed E-state index contributed by atoms with van der Waals surface area (Å²) in [5.74, 6) is 0.366. The van der Waals surface area contributed by atoms with E-state index in [2.05, 4.69) is 136 Å². The molecule has 0 spiro atoms. The minimum absolute atomic E-state index is 0.366. The van der Waals surface area contributed by atoms with Crippen LogP contribution in [0, 0.1) is 5.92 Å². The maximum Gasteiger partial charge on any atom is 0.0342 e. The lowest BCUT2D eigenvalue weighted by Gasteiger charge is -2.19. The van der Waals surface area contributed by atoms with Crippen molar-refractivity contribution in [1.82, 2.24) is 0 Å². The molecule has 0 saturated heterocycles. The zero-order valence-electron chi connectivity index (χ0n) is 25.9. The lowest BCUT2D eigenvalue weighted by molar-refractivity contribution is 0.880. The molecule has 0 atom stereocenters. The van der Waals surface area contributed by atoms with Gasteiger partial charge in [-0.2, -0.15) is 0 Å². The Balaban J connectivity index is 1.82. The average Bonchev–Trinajstić information content (AvgIpc) is 3.03. The van der Waals surface area contributed by atoms with Crippen molar-refractivity contribution in [2.24, 2.45) is 10.9 Å². The van der Waals surface area contributed by atoms with Crippen molar-refractivity contribution >= 4 is 67.0 Å². The number of fused-ring (bicyclic) bond motifs is 5. The fourth-order valence-corrected chi connectivity index (χ4v) is 6.86. The second kappa shape index (κ2) is 11.9. The summed E-state index contributed by atoms with van der Waals surface area (Å²) in [4.78, 5) is 4.50. The molecule has 0 aliphatic carbocycles. The molecule has 0 fully saturated rings. The quantitative estimate of drug-likeness (QED) is 0.0836. The Hall–Kier alpha value is -4.75. The number of nitrogens with zero attached hydrogens (tertiary/aromatic N) is 1. The number of hydrogen-bond donors (Lipinski definition) is 0. The Morgan fingerprint density at radius 3 is 2.14 bits per heavy atom. The van der Waals surface area contributed by atoms with Gasteiger partial charge in [0.1, 0.15) is 0 Å². The van der Waals surface area contributed by atoms with Gasteiger partial charge in [-0.1, -0.05) is 124 Å². The molecular weight excluding hydrogens is 518 g/mol. The first kappa shape index (κ1) is 28.4. The fourth-order valence-electron chi connectivity index (χ4n) is 6.86. The van der Waals surface area contributed by atoms with Crippen LogP contribution in [0.5, 0.6) is 0 Å². The molecule has 43 heavy (non-hydrogen) atoms. The van der Waals surface area contributed by atoms with Crippen molar-refractivity contribution < 1.29 is 0 Å². The minimum Gasteiger partial charge on any atom is -0.269 e. The summed E-state index contributed by atoms with van der Waals surface area (Å²) in [6.45, 7) is 15.1. The molecule has 0 heterocycles. The molecule has 0 radical (unpaired) electrons. The fraction of sp³-hybridized carbons (Fsp3) is 0.167. The normalized spacial score (nSPS) is 13.5. The van der Waals surface area contributed by atoms with Gasteiger partial charge in [-0.05, 0) is 108 Å². The molecule has 0 amide bonds. The van der Waals surface area contributed by atoms with Gasteiger partial charge in [-0.15, -0.1) is 0 Å². The lowest BCUT2D eigenvalue weighted by Crippen LogP contribution is -2.31. The van der Waals surface area contributed by atoms with Crippen LogP contribution >= 0.6 is 0 Å². The summed E-state index contributed by atoms with van der Waals surface area (Å²) >= 11 is 0. The largest absolute Gasteiger partial charge is 0.269 e. The topological polar surface area (TPSA) is 12.4 Å². The van der Waals surface area contributed by atoms with Gasteiger partial charge in [-0.3, -0.25) is 4.99 Å². The Bertz CT molecular complexity index is 2220. The molecule has 6 aromatic rings. The summed E-state index contributed by atoms with van der Waals surface area (Å²) in [7, 11) is 0. The zero-order valence-corrected chi connectivity index (χ0v) is 25.9. The van der Waals surface area contributed by atoms with Crippen LogP contribution in [0.2, 0.25) is 0 Å². The molecule has 6 aromatic carbocycles. The van der Waals surface area contributed by atoms with Crippen LogP contribution < -0.4 is 10.4 Å². The van der Waals surface area contributed by atoms with Gasteiger partial charge in [0.15, 0.2) is 0 Å². The molecule has 1 nitrogen and oxygen atoms in total. The minimum atomic E-state index is 0.366. The van der Waals surface area contributed by atoms with E-state index in [4.69, 9.17) is 0 Å². The van der Waals surface area contributed by atoms with Crippen molar-refractivity contribution in [3.8, 4) is 11.1 Å². The molecule has 1 heteroatoms. The summed E-state index contributed by atoms with van der Waals surface area (Å²) in [6, 6.07) is 31.5. The van der Waals surface area contributed by atoms with Crippen molar-refractivity contribution in [2.75, 3.05) is 0 Å². The zero-order chi connectivity index (χ0) is 30.1. The first-order chi connectivity index (χ1) is 21.0. The van der Waals surface area contributed by atoms with Gasteiger partial charge < -0.3 is 0 Å². The monoisotopic (exact) mass is 557 g/mol. The van der Waals surface area contributed by atoms with Crippen molar-refractivity contribution in [3.05, 3.63) is 125 Å². The van der Waals surface area contributed by atoms with E-state index in [1.807, 2.05) is 25.4 Å². The molecule has 0 N–H and O–H groups in total. The van der Waals surface area contributed by atoms with E-state index in [0.29, 0.717) is 5.92 Å². The van der Waals surface area contributed by atoms with Crippen LogP contribution in [0.15, 0.2) is 109 Å². The second-order valence-electron chi connectivity index (χ2n) is 11.5. The van der Waals surface area contributed by atoms with Crippen LogP contribution in [0.25, 0.3) is 71.9 Å². The molecule has 212 valence electrons. The Labute approximate surface area is 254 Å². The molecule has 0 bridgehead atoms. The molecule has 0 aliphatic heterocycles. The second-order valence-corrected chi connectivity index (χ2v) is 11.5. The highest BCUT2D eigenvalue weighted by molar-refractivity contribution is 6.18. The third kappa shape index (κ3) is 4.79. The maximum absolute atomic E-state index is 4.50. The van der Waals surface area contributed by atoms with Gasteiger partial charge in [0.05, 0.1) is 0 Å². The summed E-state index contributed by atoms with van der Waals surface area (Å²) < 4.78 is 0. The third-order valence-electron chi connectivity index (χ3n) is 8.59. The van der Waals surface area contributed by atoms with E-state index in [1.165, 1.54) is 75.8 Å². The maximum atomic E-state index is 4.50. The molecule has 6 rings (SSSR count). The highest BCUT2D eigenvalue weighted by Gasteiger charge is 2.18. The molecule has 0 saturated carbocycles. The molecule has 0 aliphatic rings. The van der Waals surface area contributed by atoms with E-state index >= 15 is 0 Å². The standard InChI is InChI=1S/C42H39N/c1-7-28(26-43-10-4)41-31(9-3)40(24-27(5)6)42(38-19-14-13-18-37(38)41)36-21-15-20-33-35(36)23-22-34-30(8-2)32-17-12-11-16-29(32)25-39(33)34/h7,9-27H,1,8H2,2-6H3/b28-26+,31-9+,40-24+,43-10?. The first-order valence-electron chi connectivity index (χ1n) is 15.4. The summed E-state index contributed by atoms with van der Waals surface area (Å²) in [6.07, 6.45) is 11.4. The SMILES string of the molecule is C=C/C(=C\N=CC)c1c(=C/C)/c(=C\C(C)C)c(-c2cccc3c2ccc2c(CC)c4ccccc4cc23)c2ccccc12. The number of aliphatic imine (C=N–C) groups is 1. The van der Waals surface area contributed by atoms with E-state index in [1.54, 1.807) is 0 Å². The van der Waals surface area contributed by atoms with Gasteiger partial charge >= 0.3 is 0 Å². The number of hydrogen-bond acceptors (Lipinski definition) is 1. The Morgan fingerprint density at radius 1 is 0.744 bits per heavy atom. The molecular formula is C42H39N. The van der Waals surface area contributed by atoms with Crippen molar-refractivity contribution in [2.45, 2.75) is 41.0 Å². The lowest BCUT2D eigenvalue weighted by atomic mass is 9.85. The van der Waals surface area contributed by atoms with E-state index in [-0.39, 0.29) is 0 Å². The van der Waals surface area contributed by atoms with Gasteiger partial charge in [-0.25, -0.2) is 0 Å². The van der Waals surface area contributed by atoms with Crippen LogP contribution in [0.3, 0.4) is 0 Å². The van der Waals surface area contributed by atoms with Crippen LogP contribution in [0.1, 0.15) is 45.7 Å². The average molecular weight is 558 g/mol. The van der Waals surface area contributed by atoms with Crippen molar-refractivity contribution in [3.63, 3.8) is 0 Å². The van der Waals surface area contributed by atoms with Crippen LogP contribution in [-0.2, 0) is 6.42 Å². The van der Waals surface area contributed by atoms with E-state index < -0.39 is 0 Å². The Kier molecular flexibility index (Phi) is 7.82. The van der Waals surface area contributed by atoms with Gasteiger partial charge in [0.2, 0.25) is 0 Å².